The van der Waals surface area contributed by atoms with Gasteiger partial charge >= 0.3 is 5.97 Å². The molecule has 5 nitrogen and oxygen atoms in total. The van der Waals surface area contributed by atoms with E-state index in [1.54, 1.807) is 0 Å². The fourth-order valence-electron chi connectivity index (χ4n) is 1.01. The number of carbonyl (C=O) groups is 1. The molecule has 1 unspecified atom stereocenters. The van der Waals surface area contributed by atoms with E-state index in [1.165, 1.54) is 6.07 Å². The third-order valence-corrected chi connectivity index (χ3v) is 1.76. The summed E-state index contributed by atoms with van der Waals surface area (Å²) in [5.41, 5.74) is -0.723. The number of nitriles is 1. The quantitative estimate of drug-likeness (QED) is 0.661. The summed E-state index contributed by atoms with van der Waals surface area (Å²) >= 11 is 0. The molecule has 1 aromatic carbocycles. The van der Waals surface area contributed by atoms with Crippen LogP contribution in [0.3, 0.4) is 0 Å². The standard InChI is InChI=1S/C9H6FNO4/c10-6-2-4(8(13)9(14)15)1-5(3-11)7(6)12/h1-2,8,12-13H,(H,14,15). The van der Waals surface area contributed by atoms with Crippen molar-refractivity contribution in [2.75, 3.05) is 0 Å². The summed E-state index contributed by atoms with van der Waals surface area (Å²) in [5, 5.41) is 35.0. The minimum atomic E-state index is -1.92. The predicted octanol–water partition coefficient (Wildman–Crippen LogP) is 0.521. The number of halogens is 1. The molecule has 78 valence electrons. The molecule has 0 aliphatic rings. The van der Waals surface area contributed by atoms with Gasteiger partial charge in [0.15, 0.2) is 17.7 Å². The van der Waals surface area contributed by atoms with Gasteiger partial charge in [-0.15, -0.1) is 0 Å². The monoisotopic (exact) mass is 211 g/mol. The van der Waals surface area contributed by atoms with E-state index in [0.717, 1.165) is 6.07 Å². The molecule has 1 rings (SSSR count). The molecule has 6 heteroatoms. The lowest BCUT2D eigenvalue weighted by molar-refractivity contribution is -0.146. The molecule has 0 aliphatic carbocycles. The predicted molar refractivity (Wildman–Crippen MR) is 45.4 cm³/mol. The number of aromatic hydroxyl groups is 1. The summed E-state index contributed by atoms with van der Waals surface area (Å²) in [6.45, 7) is 0. The van der Waals surface area contributed by atoms with Gasteiger partial charge in [0.2, 0.25) is 0 Å². The maximum absolute atomic E-state index is 12.9. The number of aliphatic hydroxyl groups is 1. The number of aliphatic carboxylic acids is 1. The summed E-state index contributed by atoms with van der Waals surface area (Å²) in [6, 6.07) is 3.05. The molecule has 1 aromatic rings. The van der Waals surface area contributed by atoms with Gasteiger partial charge in [0, 0.05) is 0 Å². The Morgan fingerprint density at radius 1 is 1.53 bits per heavy atom. The number of phenols is 1. The molecule has 15 heavy (non-hydrogen) atoms. The van der Waals surface area contributed by atoms with Gasteiger partial charge in [-0.25, -0.2) is 9.18 Å². The lowest BCUT2D eigenvalue weighted by atomic mass is 10.1. The fraction of sp³-hybridized carbons (Fsp3) is 0.111. The van der Waals surface area contributed by atoms with Gasteiger partial charge in [-0.05, 0) is 17.7 Å². The highest BCUT2D eigenvalue weighted by atomic mass is 19.1. The Balaban J connectivity index is 3.30. The highest BCUT2D eigenvalue weighted by Gasteiger charge is 2.19. The molecule has 0 saturated carbocycles. The van der Waals surface area contributed by atoms with Gasteiger partial charge in [-0.3, -0.25) is 0 Å². The SMILES string of the molecule is N#Cc1cc(C(O)C(=O)O)cc(F)c1O. The Bertz CT molecular complexity index is 452. The average molecular weight is 211 g/mol. The van der Waals surface area contributed by atoms with Crippen LogP contribution in [-0.2, 0) is 4.79 Å². The second kappa shape index (κ2) is 3.94. The third-order valence-electron chi connectivity index (χ3n) is 1.76. The third kappa shape index (κ3) is 2.03. The fourth-order valence-corrected chi connectivity index (χ4v) is 1.01. The van der Waals surface area contributed by atoms with Gasteiger partial charge in [0.1, 0.15) is 6.07 Å². The summed E-state index contributed by atoms with van der Waals surface area (Å²) in [5.74, 6) is -3.58. The van der Waals surface area contributed by atoms with Gasteiger partial charge < -0.3 is 15.3 Å². The number of hydrogen-bond donors (Lipinski definition) is 3. The highest BCUT2D eigenvalue weighted by Crippen LogP contribution is 2.25. The maximum Gasteiger partial charge on any atom is 0.337 e. The summed E-state index contributed by atoms with van der Waals surface area (Å²) in [6.07, 6.45) is -1.92. The topological polar surface area (TPSA) is 102 Å². The number of carboxylic acids is 1. The van der Waals surface area contributed by atoms with Gasteiger partial charge in [0.05, 0.1) is 5.56 Å². The molecule has 3 N–H and O–H groups in total. The first-order valence-corrected chi connectivity index (χ1v) is 3.80. The van der Waals surface area contributed by atoms with E-state index in [2.05, 4.69) is 0 Å². The number of aliphatic hydroxyl groups excluding tert-OH is 1. The lowest BCUT2D eigenvalue weighted by Crippen LogP contribution is -2.11. The van der Waals surface area contributed by atoms with E-state index in [1.807, 2.05) is 0 Å². The zero-order valence-corrected chi connectivity index (χ0v) is 7.31. The molecule has 0 bridgehead atoms. The van der Waals surface area contributed by atoms with E-state index in [4.69, 9.17) is 20.6 Å². The largest absolute Gasteiger partial charge is 0.504 e. The van der Waals surface area contributed by atoms with Crippen molar-refractivity contribution in [3.63, 3.8) is 0 Å². The van der Waals surface area contributed by atoms with Gasteiger partial charge in [-0.1, -0.05) is 0 Å². The molecule has 0 fully saturated rings. The number of carboxylic acid groups (broad SMARTS) is 1. The zero-order chi connectivity index (χ0) is 11.6. The van der Waals surface area contributed by atoms with Crippen molar-refractivity contribution in [3.8, 4) is 11.8 Å². The van der Waals surface area contributed by atoms with Crippen LogP contribution in [0.4, 0.5) is 4.39 Å². The van der Waals surface area contributed by atoms with Crippen molar-refractivity contribution in [1.82, 2.24) is 0 Å². The van der Waals surface area contributed by atoms with E-state index in [9.17, 15) is 9.18 Å². The summed E-state index contributed by atoms with van der Waals surface area (Å²) in [4.78, 5) is 10.4. The van der Waals surface area contributed by atoms with Crippen LogP contribution in [0.25, 0.3) is 0 Å². The maximum atomic E-state index is 12.9. The number of rotatable bonds is 2. The van der Waals surface area contributed by atoms with Crippen LogP contribution < -0.4 is 0 Å². The van der Waals surface area contributed by atoms with E-state index >= 15 is 0 Å². The molecule has 0 radical (unpaired) electrons. The lowest BCUT2D eigenvalue weighted by Gasteiger charge is -2.07. The highest BCUT2D eigenvalue weighted by molar-refractivity contribution is 5.74. The smallest absolute Gasteiger partial charge is 0.337 e. The number of phenolic OH excluding ortho intramolecular Hbond substituents is 1. The Morgan fingerprint density at radius 3 is 2.60 bits per heavy atom. The Labute approximate surface area is 83.6 Å². The van der Waals surface area contributed by atoms with Gasteiger partial charge in [-0.2, -0.15) is 5.26 Å². The van der Waals surface area contributed by atoms with Crippen molar-refractivity contribution >= 4 is 5.97 Å². The Kier molecular flexibility index (Phi) is 2.87. The van der Waals surface area contributed by atoms with E-state index in [0.29, 0.717) is 6.07 Å². The van der Waals surface area contributed by atoms with Crippen LogP contribution >= 0.6 is 0 Å². The molecule has 0 amide bonds. The van der Waals surface area contributed by atoms with Crippen molar-refractivity contribution < 1.29 is 24.5 Å². The first-order chi connectivity index (χ1) is 6.97. The van der Waals surface area contributed by atoms with Crippen molar-refractivity contribution in [2.45, 2.75) is 6.10 Å². The normalized spacial score (nSPS) is 11.8. The number of benzene rings is 1. The van der Waals surface area contributed by atoms with Crippen LogP contribution in [-0.4, -0.2) is 21.3 Å². The Hall–Kier alpha value is -2.13. The van der Waals surface area contributed by atoms with Crippen molar-refractivity contribution in [2.24, 2.45) is 0 Å². The first kappa shape index (κ1) is 10.9. The van der Waals surface area contributed by atoms with Crippen molar-refractivity contribution in [3.05, 3.63) is 29.1 Å². The van der Waals surface area contributed by atoms with Crippen LogP contribution in [0.2, 0.25) is 0 Å². The first-order valence-electron chi connectivity index (χ1n) is 3.80. The summed E-state index contributed by atoms with van der Waals surface area (Å²) < 4.78 is 12.9. The second-order valence-corrected chi connectivity index (χ2v) is 2.75. The molecule has 0 aromatic heterocycles. The summed E-state index contributed by atoms with van der Waals surface area (Å²) in [7, 11) is 0. The molecule has 0 saturated heterocycles. The van der Waals surface area contributed by atoms with E-state index in [-0.39, 0.29) is 5.56 Å². The Morgan fingerprint density at radius 2 is 2.13 bits per heavy atom. The van der Waals surface area contributed by atoms with Gasteiger partial charge in [0.25, 0.3) is 0 Å². The number of hydrogen-bond acceptors (Lipinski definition) is 4. The minimum Gasteiger partial charge on any atom is -0.504 e. The van der Waals surface area contributed by atoms with Crippen molar-refractivity contribution in [1.29, 1.82) is 5.26 Å². The molecular weight excluding hydrogens is 205 g/mol. The molecular formula is C9H6FNO4. The van der Waals surface area contributed by atoms with Crippen LogP contribution in [0, 0.1) is 17.1 Å². The molecule has 0 aliphatic heterocycles. The molecule has 0 spiro atoms. The molecule has 1 atom stereocenters. The van der Waals surface area contributed by atoms with Crippen LogP contribution in [0.5, 0.6) is 5.75 Å². The zero-order valence-electron chi connectivity index (χ0n) is 7.31. The molecule has 0 heterocycles. The van der Waals surface area contributed by atoms with Crippen LogP contribution in [0.15, 0.2) is 12.1 Å². The minimum absolute atomic E-state index is 0.297. The second-order valence-electron chi connectivity index (χ2n) is 2.75. The number of nitrogens with zero attached hydrogens (tertiary/aromatic N) is 1. The van der Waals surface area contributed by atoms with E-state index < -0.39 is 29.2 Å². The average Bonchev–Trinajstić information content (AvgIpc) is 2.20. The van der Waals surface area contributed by atoms with Crippen LogP contribution in [0.1, 0.15) is 17.2 Å².